The molecule has 0 radical (unpaired) electrons. The highest BCUT2D eigenvalue weighted by molar-refractivity contribution is 6.05. The Bertz CT molecular complexity index is 641. The molecule has 20 heavy (non-hydrogen) atoms. The second kappa shape index (κ2) is 5.12. The lowest BCUT2D eigenvalue weighted by Gasteiger charge is -2.07. The van der Waals surface area contributed by atoms with E-state index >= 15 is 0 Å². The van der Waals surface area contributed by atoms with Gasteiger partial charge in [-0.2, -0.15) is 5.10 Å². The predicted molar refractivity (Wildman–Crippen MR) is 78.8 cm³/mol. The molecule has 104 valence electrons. The lowest BCUT2D eigenvalue weighted by molar-refractivity contribution is 0.102. The Balaban J connectivity index is 1.71. The van der Waals surface area contributed by atoms with Gasteiger partial charge in [0.2, 0.25) is 0 Å². The second-order valence-electron chi connectivity index (χ2n) is 5.67. The summed E-state index contributed by atoms with van der Waals surface area (Å²) in [7, 11) is 0. The highest BCUT2D eigenvalue weighted by Gasteiger charge is 2.22. The summed E-state index contributed by atoms with van der Waals surface area (Å²) in [6.45, 7) is 4.90. The van der Waals surface area contributed by atoms with Crippen molar-refractivity contribution in [1.82, 2.24) is 9.78 Å². The van der Waals surface area contributed by atoms with Crippen LogP contribution in [-0.2, 0) is 6.54 Å². The van der Waals surface area contributed by atoms with Gasteiger partial charge in [0.15, 0.2) is 0 Å². The lowest BCUT2D eigenvalue weighted by Crippen LogP contribution is -2.13. The average molecular weight is 269 g/mol. The van der Waals surface area contributed by atoms with E-state index < -0.39 is 0 Å². The summed E-state index contributed by atoms with van der Waals surface area (Å²) in [5, 5.41) is 7.20. The number of carbonyl (C=O) groups is 1. The highest BCUT2D eigenvalue weighted by atomic mass is 16.1. The molecule has 4 heteroatoms. The molecule has 0 saturated heterocycles. The fourth-order valence-corrected chi connectivity index (χ4v) is 2.27. The number of hydrogen-bond donors (Lipinski definition) is 1. The molecule has 4 nitrogen and oxygen atoms in total. The van der Waals surface area contributed by atoms with Crippen LogP contribution >= 0.6 is 0 Å². The molecule has 0 aliphatic heterocycles. The van der Waals surface area contributed by atoms with Crippen molar-refractivity contribution in [2.45, 2.75) is 33.2 Å². The molecule has 1 aromatic heterocycles. The van der Waals surface area contributed by atoms with E-state index in [4.69, 9.17) is 0 Å². The van der Waals surface area contributed by atoms with E-state index in [1.54, 1.807) is 6.20 Å². The zero-order valence-electron chi connectivity index (χ0n) is 11.9. The molecule has 1 aliphatic rings. The Labute approximate surface area is 118 Å². The van der Waals surface area contributed by atoms with Gasteiger partial charge in [-0.25, -0.2) is 0 Å². The summed E-state index contributed by atoms with van der Waals surface area (Å²) in [5.41, 5.74) is 3.56. The van der Waals surface area contributed by atoms with Crippen molar-refractivity contribution in [2.24, 2.45) is 5.92 Å². The van der Waals surface area contributed by atoms with E-state index in [0.717, 1.165) is 34.8 Å². The quantitative estimate of drug-likeness (QED) is 0.926. The van der Waals surface area contributed by atoms with Crippen molar-refractivity contribution in [3.63, 3.8) is 0 Å². The Morgan fingerprint density at radius 3 is 2.95 bits per heavy atom. The predicted octanol–water partition coefficient (Wildman–Crippen LogP) is 3.16. The normalized spacial score (nSPS) is 14.3. The van der Waals surface area contributed by atoms with Crippen LogP contribution in [-0.4, -0.2) is 15.7 Å². The number of anilines is 1. The van der Waals surface area contributed by atoms with Crippen molar-refractivity contribution in [2.75, 3.05) is 5.32 Å². The molecule has 3 rings (SSSR count). The fourth-order valence-electron chi connectivity index (χ4n) is 2.27. The van der Waals surface area contributed by atoms with Crippen molar-refractivity contribution in [3.05, 3.63) is 47.3 Å². The molecule has 1 amide bonds. The Kier molecular flexibility index (Phi) is 3.30. The van der Waals surface area contributed by atoms with E-state index in [1.807, 2.05) is 42.9 Å². The van der Waals surface area contributed by atoms with E-state index in [9.17, 15) is 4.79 Å². The Hall–Kier alpha value is -2.10. The van der Waals surface area contributed by atoms with Crippen molar-refractivity contribution >= 4 is 11.6 Å². The molecule has 1 heterocycles. The maximum atomic E-state index is 12.3. The lowest BCUT2D eigenvalue weighted by atomic mass is 10.1. The molecule has 0 atom stereocenters. The monoisotopic (exact) mass is 269 g/mol. The first-order chi connectivity index (χ1) is 9.61. The molecule has 0 spiro atoms. The van der Waals surface area contributed by atoms with Crippen LogP contribution in [0.1, 0.15) is 34.3 Å². The summed E-state index contributed by atoms with van der Waals surface area (Å²) in [6, 6.07) is 5.90. The van der Waals surface area contributed by atoms with Gasteiger partial charge in [-0.1, -0.05) is 17.7 Å². The van der Waals surface area contributed by atoms with E-state index in [-0.39, 0.29) is 5.91 Å². The number of benzene rings is 1. The number of aryl methyl sites for hydroxylation is 2. The molecule has 1 aliphatic carbocycles. The van der Waals surface area contributed by atoms with Crippen LogP contribution in [0.5, 0.6) is 0 Å². The zero-order valence-corrected chi connectivity index (χ0v) is 11.9. The van der Waals surface area contributed by atoms with Gasteiger partial charge >= 0.3 is 0 Å². The van der Waals surface area contributed by atoms with Gasteiger partial charge < -0.3 is 5.32 Å². The number of rotatable bonds is 4. The molecule has 1 N–H and O–H groups in total. The number of carbonyl (C=O) groups excluding carboxylic acids is 1. The number of nitrogens with one attached hydrogen (secondary N) is 1. The second-order valence-corrected chi connectivity index (χ2v) is 5.67. The van der Waals surface area contributed by atoms with Crippen LogP contribution in [0, 0.1) is 19.8 Å². The molecule has 0 bridgehead atoms. The van der Waals surface area contributed by atoms with Crippen LogP contribution in [0.15, 0.2) is 30.6 Å². The van der Waals surface area contributed by atoms with Crippen LogP contribution in [0.3, 0.4) is 0 Å². The number of aromatic nitrogens is 2. The molecule has 1 fully saturated rings. The number of amides is 1. The molecular formula is C16H19N3O. The maximum Gasteiger partial charge on any atom is 0.256 e. The average Bonchev–Trinajstić information content (AvgIpc) is 3.12. The first-order valence-corrected chi connectivity index (χ1v) is 7.03. The highest BCUT2D eigenvalue weighted by Crippen LogP contribution is 2.30. The third-order valence-electron chi connectivity index (χ3n) is 3.67. The Morgan fingerprint density at radius 2 is 2.20 bits per heavy atom. The van der Waals surface area contributed by atoms with E-state index in [1.165, 1.54) is 12.8 Å². The first-order valence-electron chi connectivity index (χ1n) is 7.03. The minimum Gasteiger partial charge on any atom is -0.319 e. The molecule has 1 aromatic carbocycles. The van der Waals surface area contributed by atoms with Crippen molar-refractivity contribution < 1.29 is 4.79 Å². The van der Waals surface area contributed by atoms with Gasteiger partial charge in [-0.3, -0.25) is 9.48 Å². The summed E-state index contributed by atoms with van der Waals surface area (Å²) in [5.74, 6) is 0.703. The van der Waals surface area contributed by atoms with Gasteiger partial charge in [0.05, 0.1) is 11.9 Å². The van der Waals surface area contributed by atoms with Gasteiger partial charge in [0.1, 0.15) is 0 Å². The minimum atomic E-state index is -0.0721. The third kappa shape index (κ3) is 2.90. The standard InChI is InChI=1S/C16H19N3O/c1-11-3-4-12(2)15(7-11)16(20)18-14-8-17-19(10-14)9-13-5-6-13/h3-4,7-8,10,13H,5-6,9H2,1-2H3,(H,18,20). The smallest absolute Gasteiger partial charge is 0.256 e. The van der Waals surface area contributed by atoms with Crippen molar-refractivity contribution in [1.29, 1.82) is 0 Å². The molecular weight excluding hydrogens is 250 g/mol. The Morgan fingerprint density at radius 1 is 1.40 bits per heavy atom. The van der Waals surface area contributed by atoms with Gasteiger partial charge in [0.25, 0.3) is 5.91 Å². The maximum absolute atomic E-state index is 12.3. The van der Waals surface area contributed by atoms with Crippen LogP contribution in [0.2, 0.25) is 0 Å². The molecule has 0 unspecified atom stereocenters. The van der Waals surface area contributed by atoms with E-state index in [2.05, 4.69) is 10.4 Å². The van der Waals surface area contributed by atoms with Crippen LogP contribution in [0.4, 0.5) is 5.69 Å². The first kappa shape index (κ1) is 12.9. The molecule has 2 aromatic rings. The fraction of sp³-hybridized carbons (Fsp3) is 0.375. The summed E-state index contributed by atoms with van der Waals surface area (Å²) in [6.07, 6.45) is 6.21. The minimum absolute atomic E-state index is 0.0721. The van der Waals surface area contributed by atoms with E-state index in [0.29, 0.717) is 0 Å². The number of nitrogens with zero attached hydrogens (tertiary/aromatic N) is 2. The van der Waals surface area contributed by atoms with Gasteiger partial charge in [0, 0.05) is 18.3 Å². The van der Waals surface area contributed by atoms with Crippen molar-refractivity contribution in [3.8, 4) is 0 Å². The molecule has 1 saturated carbocycles. The summed E-state index contributed by atoms with van der Waals surface area (Å²) < 4.78 is 1.91. The van der Waals surface area contributed by atoms with Crippen LogP contribution in [0.25, 0.3) is 0 Å². The largest absolute Gasteiger partial charge is 0.319 e. The zero-order chi connectivity index (χ0) is 14.1. The van der Waals surface area contributed by atoms with Gasteiger partial charge in [-0.15, -0.1) is 0 Å². The van der Waals surface area contributed by atoms with Gasteiger partial charge in [-0.05, 0) is 44.2 Å². The topological polar surface area (TPSA) is 46.9 Å². The van der Waals surface area contributed by atoms with Crippen LogP contribution < -0.4 is 5.32 Å². The number of hydrogen-bond acceptors (Lipinski definition) is 2. The summed E-state index contributed by atoms with van der Waals surface area (Å²) in [4.78, 5) is 12.3. The SMILES string of the molecule is Cc1ccc(C)c(C(=O)Nc2cnn(CC3CC3)c2)c1. The third-order valence-corrected chi connectivity index (χ3v) is 3.67. The summed E-state index contributed by atoms with van der Waals surface area (Å²) >= 11 is 0.